The van der Waals surface area contributed by atoms with Crippen molar-refractivity contribution >= 4 is 39.8 Å². The van der Waals surface area contributed by atoms with Gasteiger partial charge in [0.1, 0.15) is 5.69 Å². The number of hydrogen-bond acceptors (Lipinski definition) is 7. The molecule has 0 aliphatic heterocycles. The fourth-order valence-electron chi connectivity index (χ4n) is 2.82. The lowest BCUT2D eigenvalue weighted by atomic mass is 10.0. The highest BCUT2D eigenvalue weighted by atomic mass is 35.5. The second-order valence-electron chi connectivity index (χ2n) is 6.54. The molecule has 0 unspecified atom stereocenters. The van der Waals surface area contributed by atoms with Crippen LogP contribution >= 0.6 is 22.9 Å². The maximum Gasteiger partial charge on any atom is 0.417 e. The summed E-state index contributed by atoms with van der Waals surface area (Å²) in [6.45, 7) is 0. The minimum Gasteiger partial charge on any atom is -0.296 e. The zero-order chi connectivity index (χ0) is 23.6. The molecule has 4 aromatic rings. The lowest BCUT2D eigenvalue weighted by Crippen LogP contribution is -2.15. The van der Waals surface area contributed by atoms with Gasteiger partial charge in [-0.05, 0) is 42.5 Å². The van der Waals surface area contributed by atoms with Gasteiger partial charge in [-0.25, -0.2) is 4.98 Å². The van der Waals surface area contributed by atoms with E-state index in [1.807, 2.05) is 0 Å². The molecule has 0 saturated carbocycles. The standard InChI is InChI=1S/C21H11ClF3N5O2S/c22-12-2-3-14(21(23,24)25)13(9-12)18(31)16-4-1-11(10-27-16)15-5-6-17(30-29-15)19(32)28-20-26-7-8-33-20/h1-10H,(H,26,28,32). The first-order chi connectivity index (χ1) is 15.7. The van der Waals surface area contributed by atoms with Gasteiger partial charge in [-0.3, -0.25) is 19.9 Å². The number of pyridine rings is 1. The molecule has 3 aromatic heterocycles. The van der Waals surface area contributed by atoms with E-state index in [2.05, 4.69) is 25.5 Å². The van der Waals surface area contributed by atoms with E-state index in [4.69, 9.17) is 11.6 Å². The fourth-order valence-corrected chi connectivity index (χ4v) is 3.52. The highest BCUT2D eigenvalue weighted by Crippen LogP contribution is 2.34. The number of rotatable bonds is 5. The third kappa shape index (κ3) is 5.04. The van der Waals surface area contributed by atoms with Crippen LogP contribution in [0.3, 0.4) is 0 Å². The minimum atomic E-state index is -4.72. The van der Waals surface area contributed by atoms with Gasteiger partial charge in [0.25, 0.3) is 5.91 Å². The van der Waals surface area contributed by atoms with Crippen LogP contribution in [0.2, 0.25) is 5.02 Å². The third-order valence-electron chi connectivity index (χ3n) is 4.37. The molecule has 1 N–H and O–H groups in total. The Balaban J connectivity index is 1.54. The summed E-state index contributed by atoms with van der Waals surface area (Å²) < 4.78 is 39.8. The van der Waals surface area contributed by atoms with Crippen molar-refractivity contribution in [2.24, 2.45) is 0 Å². The molecule has 0 radical (unpaired) electrons. The van der Waals surface area contributed by atoms with Gasteiger partial charge >= 0.3 is 6.18 Å². The van der Waals surface area contributed by atoms with Crippen molar-refractivity contribution < 1.29 is 22.8 Å². The summed E-state index contributed by atoms with van der Waals surface area (Å²) in [6, 6.07) is 8.51. The van der Waals surface area contributed by atoms with Crippen LogP contribution in [-0.2, 0) is 6.18 Å². The van der Waals surface area contributed by atoms with Crippen molar-refractivity contribution in [1.29, 1.82) is 0 Å². The number of halogens is 4. The number of carbonyl (C=O) groups is 2. The number of nitrogens with one attached hydrogen (secondary N) is 1. The molecule has 0 bridgehead atoms. The molecule has 0 aliphatic rings. The largest absolute Gasteiger partial charge is 0.417 e. The minimum absolute atomic E-state index is 0.00256. The summed E-state index contributed by atoms with van der Waals surface area (Å²) in [7, 11) is 0. The van der Waals surface area contributed by atoms with Gasteiger partial charge in [-0.1, -0.05) is 11.6 Å². The first-order valence-electron chi connectivity index (χ1n) is 9.15. The Labute approximate surface area is 193 Å². The van der Waals surface area contributed by atoms with Crippen molar-refractivity contribution in [1.82, 2.24) is 20.2 Å². The highest BCUT2D eigenvalue weighted by molar-refractivity contribution is 7.13. The average Bonchev–Trinajstić information content (AvgIpc) is 3.31. The molecular weight excluding hydrogens is 479 g/mol. The summed E-state index contributed by atoms with van der Waals surface area (Å²) in [5.41, 5.74) is -1.02. The molecule has 166 valence electrons. The Hall–Kier alpha value is -3.70. The van der Waals surface area contributed by atoms with Crippen LogP contribution < -0.4 is 5.32 Å². The predicted octanol–water partition coefficient (Wildman–Crippen LogP) is 5.15. The molecule has 0 fully saturated rings. The highest BCUT2D eigenvalue weighted by Gasteiger charge is 2.35. The van der Waals surface area contributed by atoms with Gasteiger partial charge < -0.3 is 0 Å². The normalized spacial score (nSPS) is 11.3. The van der Waals surface area contributed by atoms with Crippen molar-refractivity contribution in [2.75, 3.05) is 5.32 Å². The Bertz CT molecular complexity index is 1310. The Kier molecular flexibility index (Phi) is 6.16. The molecule has 0 atom stereocenters. The second-order valence-corrected chi connectivity index (χ2v) is 7.88. The smallest absolute Gasteiger partial charge is 0.296 e. The zero-order valence-electron chi connectivity index (χ0n) is 16.3. The molecule has 1 amide bonds. The number of ketones is 1. The van der Waals surface area contributed by atoms with E-state index in [0.29, 0.717) is 16.4 Å². The Morgan fingerprint density at radius 1 is 0.970 bits per heavy atom. The topological polar surface area (TPSA) is 97.7 Å². The lowest BCUT2D eigenvalue weighted by Gasteiger charge is -2.12. The second kappa shape index (κ2) is 9.04. The Morgan fingerprint density at radius 2 is 1.76 bits per heavy atom. The van der Waals surface area contributed by atoms with Gasteiger partial charge in [-0.15, -0.1) is 21.5 Å². The number of anilines is 1. The quantitative estimate of drug-likeness (QED) is 0.389. The van der Waals surface area contributed by atoms with Gasteiger partial charge in [0.05, 0.1) is 11.3 Å². The summed E-state index contributed by atoms with van der Waals surface area (Å²) in [5, 5.41) is 12.5. The van der Waals surface area contributed by atoms with E-state index in [-0.39, 0.29) is 16.4 Å². The molecular formula is C21H11ClF3N5O2S. The molecule has 4 rings (SSSR count). The van der Waals surface area contributed by atoms with E-state index in [9.17, 15) is 22.8 Å². The number of hydrogen-bond donors (Lipinski definition) is 1. The molecule has 1 aromatic carbocycles. The Morgan fingerprint density at radius 3 is 2.36 bits per heavy atom. The van der Waals surface area contributed by atoms with Gasteiger partial charge in [0.2, 0.25) is 5.78 Å². The molecule has 3 heterocycles. The van der Waals surface area contributed by atoms with E-state index in [1.54, 1.807) is 11.6 Å². The SMILES string of the molecule is O=C(Nc1nccs1)c1ccc(-c2ccc(C(=O)c3cc(Cl)ccc3C(F)(F)F)nc2)nn1. The van der Waals surface area contributed by atoms with Crippen LogP contribution in [0.1, 0.15) is 32.1 Å². The average molecular weight is 490 g/mol. The summed E-state index contributed by atoms with van der Waals surface area (Å²) in [4.78, 5) is 32.7. The molecule has 0 aliphatic carbocycles. The van der Waals surface area contributed by atoms with E-state index < -0.39 is 29.0 Å². The number of nitrogens with zero attached hydrogens (tertiary/aromatic N) is 4. The zero-order valence-corrected chi connectivity index (χ0v) is 17.9. The summed E-state index contributed by atoms with van der Waals surface area (Å²) >= 11 is 7.05. The maximum absolute atomic E-state index is 13.3. The first-order valence-corrected chi connectivity index (χ1v) is 10.4. The van der Waals surface area contributed by atoms with Crippen LogP contribution in [0.5, 0.6) is 0 Å². The van der Waals surface area contributed by atoms with Crippen molar-refractivity contribution in [3.05, 3.63) is 87.8 Å². The van der Waals surface area contributed by atoms with Crippen molar-refractivity contribution in [2.45, 2.75) is 6.18 Å². The number of carbonyl (C=O) groups excluding carboxylic acids is 2. The van der Waals surface area contributed by atoms with E-state index in [0.717, 1.165) is 18.2 Å². The molecule has 0 saturated heterocycles. The lowest BCUT2D eigenvalue weighted by molar-refractivity contribution is -0.137. The number of amides is 1. The first kappa shape index (κ1) is 22.5. The number of thiazole rings is 1. The van der Waals surface area contributed by atoms with Crippen molar-refractivity contribution in [3.8, 4) is 11.3 Å². The summed E-state index contributed by atoms with van der Waals surface area (Å²) in [5.74, 6) is -1.40. The van der Waals surface area contributed by atoms with Gasteiger partial charge in [0, 0.05) is 33.9 Å². The van der Waals surface area contributed by atoms with Crippen LogP contribution in [0.15, 0.2) is 60.2 Å². The van der Waals surface area contributed by atoms with Crippen LogP contribution in [0.25, 0.3) is 11.3 Å². The monoisotopic (exact) mass is 489 g/mol. The number of alkyl halides is 3. The van der Waals surface area contributed by atoms with Gasteiger partial charge in [0.15, 0.2) is 10.8 Å². The predicted molar refractivity (Wildman–Crippen MR) is 115 cm³/mol. The fraction of sp³-hybridized carbons (Fsp3) is 0.0476. The van der Waals surface area contributed by atoms with E-state index >= 15 is 0 Å². The van der Waals surface area contributed by atoms with Gasteiger partial charge in [-0.2, -0.15) is 13.2 Å². The van der Waals surface area contributed by atoms with Crippen LogP contribution in [-0.4, -0.2) is 31.9 Å². The van der Waals surface area contributed by atoms with E-state index in [1.165, 1.54) is 41.8 Å². The molecule has 12 heteroatoms. The summed E-state index contributed by atoms with van der Waals surface area (Å²) in [6.07, 6.45) is -1.89. The molecule has 0 spiro atoms. The third-order valence-corrected chi connectivity index (χ3v) is 5.30. The maximum atomic E-state index is 13.3. The molecule has 33 heavy (non-hydrogen) atoms. The van der Waals surface area contributed by atoms with Crippen molar-refractivity contribution in [3.63, 3.8) is 0 Å². The van der Waals surface area contributed by atoms with Crippen LogP contribution in [0.4, 0.5) is 18.3 Å². The number of benzene rings is 1. The molecule has 7 nitrogen and oxygen atoms in total. The number of aromatic nitrogens is 4. The van der Waals surface area contributed by atoms with Crippen LogP contribution in [0, 0.1) is 0 Å².